The number of aromatic amines is 1. The largest absolute Gasteiger partial charge is 0.455 e. The van der Waals surface area contributed by atoms with Gasteiger partial charge in [0, 0.05) is 36.3 Å². The number of nitrogens with one attached hydrogen (secondary N) is 3. The maximum Gasteiger partial charge on any atom is 0.261 e. The SMILES string of the molecule is CNC(=O)c1sc2cc(O/C(=C/C=N)c3[nH]cc(C(=O)N4CC5(O)CC4C5)c3C)ccc2c1C. The van der Waals surface area contributed by atoms with Crippen LogP contribution in [0.2, 0.25) is 0 Å². The van der Waals surface area contributed by atoms with Gasteiger partial charge in [-0.25, -0.2) is 0 Å². The molecule has 2 saturated heterocycles. The molecule has 1 saturated carbocycles. The summed E-state index contributed by atoms with van der Waals surface area (Å²) in [6.45, 7) is 4.14. The van der Waals surface area contributed by atoms with Crippen molar-refractivity contribution in [3.8, 4) is 5.75 Å². The summed E-state index contributed by atoms with van der Waals surface area (Å²) in [6, 6.07) is 5.73. The standard InChI is InChI=1S/C25H26N4O4S/c1-13-18(24(31)29-12-25(32)9-15(29)10-25)11-28-21(13)19(6-7-26)33-16-4-5-17-14(2)22(23(30)27-3)34-20(17)8-16/h4-8,11,15,26,28,32H,9-10,12H2,1-3H3,(H,27,30)/b19-6+,26-7?. The van der Waals surface area contributed by atoms with Gasteiger partial charge < -0.3 is 30.5 Å². The Morgan fingerprint density at radius 3 is 2.74 bits per heavy atom. The van der Waals surface area contributed by atoms with Crippen LogP contribution in [0, 0.1) is 19.3 Å². The molecule has 2 aromatic heterocycles. The number of thiophene rings is 1. The molecule has 3 aliphatic rings. The van der Waals surface area contributed by atoms with Gasteiger partial charge in [-0.15, -0.1) is 11.3 Å². The first-order valence-electron chi connectivity index (χ1n) is 11.1. The molecule has 4 heterocycles. The number of nitrogens with zero attached hydrogens (tertiary/aromatic N) is 1. The van der Waals surface area contributed by atoms with Crippen LogP contribution in [0.25, 0.3) is 15.8 Å². The second-order valence-corrected chi connectivity index (χ2v) is 10.1. The number of fused-ring (bicyclic) bond motifs is 2. The Labute approximate surface area is 200 Å². The Morgan fingerprint density at radius 1 is 1.32 bits per heavy atom. The maximum absolute atomic E-state index is 13.1. The minimum absolute atomic E-state index is 0.101. The van der Waals surface area contributed by atoms with E-state index in [2.05, 4.69) is 10.3 Å². The molecule has 0 atom stereocenters. The Morgan fingerprint density at radius 2 is 2.09 bits per heavy atom. The first kappa shape index (κ1) is 22.4. The van der Waals surface area contributed by atoms with Crippen LogP contribution in [0.15, 0.2) is 30.5 Å². The first-order valence-corrected chi connectivity index (χ1v) is 11.9. The van der Waals surface area contributed by atoms with Crippen LogP contribution in [-0.2, 0) is 0 Å². The lowest BCUT2D eigenvalue weighted by Crippen LogP contribution is -2.40. The molecule has 2 aliphatic heterocycles. The predicted molar refractivity (Wildman–Crippen MR) is 132 cm³/mol. The fourth-order valence-corrected chi connectivity index (χ4v) is 6.13. The zero-order valence-corrected chi connectivity index (χ0v) is 20.0. The summed E-state index contributed by atoms with van der Waals surface area (Å²) >= 11 is 1.40. The van der Waals surface area contributed by atoms with E-state index in [9.17, 15) is 14.7 Å². The van der Waals surface area contributed by atoms with Gasteiger partial charge in [0.25, 0.3) is 11.8 Å². The summed E-state index contributed by atoms with van der Waals surface area (Å²) in [5, 5.41) is 21.5. The summed E-state index contributed by atoms with van der Waals surface area (Å²) in [6.07, 6.45) is 5.62. The minimum Gasteiger partial charge on any atom is -0.455 e. The average molecular weight is 479 g/mol. The highest BCUT2D eigenvalue weighted by molar-refractivity contribution is 7.21. The number of allylic oxidation sites excluding steroid dienone is 1. The van der Waals surface area contributed by atoms with E-state index in [1.54, 1.807) is 18.1 Å². The van der Waals surface area contributed by atoms with Crippen molar-refractivity contribution in [2.75, 3.05) is 13.6 Å². The fraction of sp³-hybridized carbons (Fsp3) is 0.320. The van der Waals surface area contributed by atoms with Crippen molar-refractivity contribution in [1.29, 1.82) is 5.41 Å². The molecule has 0 spiro atoms. The molecule has 2 bridgehead atoms. The molecule has 2 amide bonds. The summed E-state index contributed by atoms with van der Waals surface area (Å²) in [5.74, 6) is 0.752. The van der Waals surface area contributed by atoms with E-state index >= 15 is 0 Å². The zero-order valence-electron chi connectivity index (χ0n) is 19.2. The topological polar surface area (TPSA) is 119 Å². The summed E-state index contributed by atoms with van der Waals surface area (Å²) in [7, 11) is 1.61. The highest BCUT2D eigenvalue weighted by Gasteiger charge is 2.55. The van der Waals surface area contributed by atoms with Crippen molar-refractivity contribution in [2.24, 2.45) is 0 Å². The molecular weight excluding hydrogens is 452 g/mol. The van der Waals surface area contributed by atoms with Crippen LogP contribution in [0.4, 0.5) is 0 Å². The van der Waals surface area contributed by atoms with Gasteiger partial charge in [0.2, 0.25) is 0 Å². The number of aromatic nitrogens is 1. The van der Waals surface area contributed by atoms with Crippen LogP contribution >= 0.6 is 11.3 Å². The number of hydrogen-bond acceptors (Lipinski definition) is 6. The molecule has 4 N–H and O–H groups in total. The van der Waals surface area contributed by atoms with Crippen molar-refractivity contribution in [3.05, 3.63) is 57.7 Å². The molecule has 9 heteroatoms. The third kappa shape index (κ3) is 3.52. The first-order chi connectivity index (χ1) is 16.2. The number of H-pyrrole nitrogens is 1. The van der Waals surface area contributed by atoms with E-state index in [1.807, 2.05) is 32.0 Å². The van der Waals surface area contributed by atoms with Crippen LogP contribution in [0.1, 0.15) is 49.7 Å². The lowest BCUT2D eigenvalue weighted by Gasteiger charge is -2.31. The second-order valence-electron chi connectivity index (χ2n) is 9.01. The van der Waals surface area contributed by atoms with Crippen molar-refractivity contribution in [3.63, 3.8) is 0 Å². The normalized spacial score (nSPS) is 21.5. The smallest absolute Gasteiger partial charge is 0.261 e. The molecule has 8 nitrogen and oxygen atoms in total. The van der Waals surface area contributed by atoms with E-state index in [0.717, 1.165) is 27.4 Å². The van der Waals surface area contributed by atoms with Crippen LogP contribution in [0.3, 0.4) is 0 Å². The van der Waals surface area contributed by atoms with E-state index < -0.39 is 5.60 Å². The molecule has 34 heavy (non-hydrogen) atoms. The number of carbonyl (C=O) groups is 2. The number of rotatable bonds is 6. The zero-order chi connectivity index (χ0) is 24.2. The molecule has 0 unspecified atom stereocenters. The van der Waals surface area contributed by atoms with Gasteiger partial charge in [-0.05, 0) is 61.4 Å². The third-order valence-electron chi connectivity index (χ3n) is 6.82. The summed E-state index contributed by atoms with van der Waals surface area (Å²) in [4.78, 5) is 30.8. The van der Waals surface area contributed by atoms with Crippen LogP contribution in [-0.4, -0.2) is 58.3 Å². The third-order valence-corrected chi connectivity index (χ3v) is 8.07. The van der Waals surface area contributed by atoms with Crippen molar-refractivity contribution in [1.82, 2.24) is 15.2 Å². The van der Waals surface area contributed by atoms with Gasteiger partial charge in [0.1, 0.15) is 5.75 Å². The van der Waals surface area contributed by atoms with Gasteiger partial charge in [-0.2, -0.15) is 0 Å². The molecule has 3 fully saturated rings. The molecule has 176 valence electrons. The molecule has 0 radical (unpaired) electrons. The van der Waals surface area contributed by atoms with E-state index in [0.29, 0.717) is 47.0 Å². The fourth-order valence-electron chi connectivity index (χ4n) is 4.95. The van der Waals surface area contributed by atoms with Gasteiger partial charge in [0.15, 0.2) is 5.76 Å². The van der Waals surface area contributed by atoms with Gasteiger partial charge in [0.05, 0.1) is 28.3 Å². The monoisotopic (exact) mass is 478 g/mol. The van der Waals surface area contributed by atoms with E-state index in [4.69, 9.17) is 10.1 Å². The Balaban J connectivity index is 1.42. The van der Waals surface area contributed by atoms with Crippen molar-refractivity contribution < 1.29 is 19.4 Å². The Kier molecular flexibility index (Phi) is 5.33. The summed E-state index contributed by atoms with van der Waals surface area (Å²) < 4.78 is 7.07. The van der Waals surface area contributed by atoms with Gasteiger partial charge in [-0.1, -0.05) is 0 Å². The molecule has 3 aromatic rings. The van der Waals surface area contributed by atoms with E-state index in [-0.39, 0.29) is 17.9 Å². The Hall–Kier alpha value is -3.43. The highest BCUT2D eigenvalue weighted by atomic mass is 32.1. The average Bonchev–Trinajstić information content (AvgIpc) is 3.53. The number of aryl methyl sites for hydroxylation is 1. The quantitative estimate of drug-likeness (QED) is 0.320. The van der Waals surface area contributed by atoms with E-state index in [1.165, 1.54) is 17.4 Å². The predicted octanol–water partition coefficient (Wildman–Crippen LogP) is 3.62. The van der Waals surface area contributed by atoms with Crippen LogP contribution < -0.4 is 10.1 Å². The number of aliphatic hydroxyl groups is 1. The lowest BCUT2D eigenvalue weighted by atomic mass is 9.81. The van der Waals surface area contributed by atoms with Crippen molar-refractivity contribution >= 4 is 45.2 Å². The molecule has 1 aliphatic carbocycles. The van der Waals surface area contributed by atoms with Crippen LogP contribution in [0.5, 0.6) is 5.75 Å². The molecule has 6 rings (SSSR count). The highest BCUT2D eigenvalue weighted by Crippen LogP contribution is 2.45. The minimum atomic E-state index is -0.724. The molecular formula is C25H26N4O4S. The maximum atomic E-state index is 13.1. The lowest BCUT2D eigenvalue weighted by molar-refractivity contribution is 0.00705. The second kappa shape index (κ2) is 8.11. The van der Waals surface area contributed by atoms with Gasteiger partial charge in [-0.3, -0.25) is 9.59 Å². The Bertz CT molecular complexity index is 1360. The number of hydrogen-bond donors (Lipinski definition) is 4. The number of carbonyl (C=O) groups excluding carboxylic acids is 2. The number of amides is 2. The number of benzene rings is 1. The van der Waals surface area contributed by atoms with Gasteiger partial charge >= 0.3 is 0 Å². The summed E-state index contributed by atoms with van der Waals surface area (Å²) in [5.41, 5.74) is 2.08. The van der Waals surface area contributed by atoms with Crippen molar-refractivity contribution in [2.45, 2.75) is 38.3 Å². The number of ether oxygens (including phenoxy) is 1. The molecule has 1 aromatic carbocycles.